The maximum absolute atomic E-state index is 11.8. The van der Waals surface area contributed by atoms with Gasteiger partial charge < -0.3 is 20.3 Å². The Labute approximate surface area is 92.5 Å². The Morgan fingerprint density at radius 2 is 2.00 bits per heavy atom. The van der Waals surface area contributed by atoms with Crippen molar-refractivity contribution in [2.24, 2.45) is 5.73 Å². The average molecular weight is 245 g/mol. The lowest BCUT2D eigenvalue weighted by Gasteiger charge is -2.21. The highest BCUT2D eigenvalue weighted by Gasteiger charge is 2.26. The summed E-state index contributed by atoms with van der Waals surface area (Å²) in [6.45, 7) is -0.233. The molecule has 0 aliphatic carbocycles. The van der Waals surface area contributed by atoms with E-state index in [2.05, 4.69) is 0 Å². The van der Waals surface area contributed by atoms with Crippen molar-refractivity contribution in [3.05, 3.63) is 0 Å². The molecule has 98 valence electrons. The van der Waals surface area contributed by atoms with E-state index in [1.54, 1.807) is 0 Å². The number of aliphatic hydroxyl groups excluding tert-OH is 1. The fourth-order valence-electron chi connectivity index (χ4n) is 1.12. The number of hydrogen-bond acceptors (Lipinski definition) is 4. The zero-order valence-electron chi connectivity index (χ0n) is 9.17. The zero-order valence-corrected chi connectivity index (χ0v) is 9.17. The number of rotatable bonds is 8. The quantitative estimate of drug-likeness (QED) is 0.617. The van der Waals surface area contributed by atoms with Crippen LogP contribution in [0.5, 0.6) is 0 Å². The molecule has 7 heteroatoms. The Balaban J connectivity index is 3.71. The van der Waals surface area contributed by atoms with Gasteiger partial charge in [-0.05, 0) is 6.42 Å². The minimum absolute atomic E-state index is 0.0812. The van der Waals surface area contributed by atoms with Gasteiger partial charge in [-0.2, -0.15) is 13.2 Å². The van der Waals surface area contributed by atoms with Crippen molar-refractivity contribution in [2.45, 2.75) is 31.2 Å². The molecule has 0 radical (unpaired) electrons. The molecule has 0 aliphatic heterocycles. The Bertz CT molecular complexity index is 178. The van der Waals surface area contributed by atoms with Gasteiger partial charge in [0.25, 0.3) is 0 Å². The van der Waals surface area contributed by atoms with Crippen molar-refractivity contribution >= 4 is 0 Å². The van der Waals surface area contributed by atoms with Crippen LogP contribution in [0.3, 0.4) is 0 Å². The fourth-order valence-corrected chi connectivity index (χ4v) is 1.12. The molecule has 0 spiro atoms. The molecule has 4 nitrogen and oxygen atoms in total. The van der Waals surface area contributed by atoms with E-state index in [0.29, 0.717) is 0 Å². The van der Waals surface area contributed by atoms with Crippen molar-refractivity contribution in [1.82, 2.24) is 0 Å². The van der Waals surface area contributed by atoms with Gasteiger partial charge in [-0.15, -0.1) is 0 Å². The average Bonchev–Trinajstić information content (AvgIpc) is 2.16. The van der Waals surface area contributed by atoms with Crippen LogP contribution in [0.1, 0.15) is 12.8 Å². The minimum atomic E-state index is -4.17. The summed E-state index contributed by atoms with van der Waals surface area (Å²) >= 11 is 0. The first-order chi connectivity index (χ1) is 7.40. The predicted molar refractivity (Wildman–Crippen MR) is 52.0 cm³/mol. The number of halogens is 3. The molecule has 0 aliphatic rings. The molecule has 0 aromatic rings. The summed E-state index contributed by atoms with van der Waals surface area (Å²) in [6.07, 6.45) is -5.90. The summed E-state index contributed by atoms with van der Waals surface area (Å²) in [5.74, 6) is 0. The van der Waals surface area contributed by atoms with Crippen molar-refractivity contribution in [3.8, 4) is 0 Å². The SMILES string of the molecule is COCC(N)C(CO)OCCCC(F)(F)F. The molecular formula is C9H18F3NO3. The van der Waals surface area contributed by atoms with Crippen LogP contribution in [0, 0.1) is 0 Å². The van der Waals surface area contributed by atoms with E-state index in [9.17, 15) is 13.2 Å². The fraction of sp³-hybridized carbons (Fsp3) is 1.00. The van der Waals surface area contributed by atoms with Crippen molar-refractivity contribution in [3.63, 3.8) is 0 Å². The van der Waals surface area contributed by atoms with Gasteiger partial charge >= 0.3 is 6.18 Å². The third-order valence-corrected chi connectivity index (χ3v) is 1.95. The predicted octanol–water partition coefficient (Wildman–Crippen LogP) is 0.680. The largest absolute Gasteiger partial charge is 0.394 e. The maximum atomic E-state index is 11.8. The van der Waals surface area contributed by atoms with Gasteiger partial charge in [-0.3, -0.25) is 0 Å². The van der Waals surface area contributed by atoms with E-state index < -0.39 is 24.7 Å². The summed E-state index contributed by atoms with van der Waals surface area (Å²) in [5.41, 5.74) is 5.57. The van der Waals surface area contributed by atoms with E-state index in [1.807, 2.05) is 0 Å². The monoisotopic (exact) mass is 245 g/mol. The van der Waals surface area contributed by atoms with E-state index >= 15 is 0 Å². The molecule has 0 bridgehead atoms. The lowest BCUT2D eigenvalue weighted by molar-refractivity contribution is -0.139. The second-order valence-electron chi connectivity index (χ2n) is 3.43. The highest BCUT2D eigenvalue weighted by molar-refractivity contribution is 4.72. The number of methoxy groups -OCH3 is 1. The Hall–Kier alpha value is -0.370. The molecule has 2 unspecified atom stereocenters. The van der Waals surface area contributed by atoms with Gasteiger partial charge in [-0.1, -0.05) is 0 Å². The number of alkyl halides is 3. The van der Waals surface area contributed by atoms with E-state index in [4.69, 9.17) is 20.3 Å². The summed E-state index contributed by atoms with van der Waals surface area (Å²) in [5, 5.41) is 8.90. The first-order valence-electron chi connectivity index (χ1n) is 4.94. The molecule has 2 atom stereocenters. The summed E-state index contributed by atoms with van der Waals surface area (Å²) in [4.78, 5) is 0. The first kappa shape index (κ1) is 15.6. The third kappa shape index (κ3) is 7.86. The van der Waals surface area contributed by atoms with E-state index in [1.165, 1.54) is 7.11 Å². The van der Waals surface area contributed by atoms with Gasteiger partial charge in [0.1, 0.15) is 0 Å². The van der Waals surface area contributed by atoms with Crippen LogP contribution in [0.25, 0.3) is 0 Å². The van der Waals surface area contributed by atoms with Crippen molar-refractivity contribution < 1.29 is 27.8 Å². The van der Waals surface area contributed by atoms with Crippen LogP contribution < -0.4 is 5.73 Å². The highest BCUT2D eigenvalue weighted by atomic mass is 19.4. The molecular weight excluding hydrogens is 227 g/mol. The van der Waals surface area contributed by atoms with Crippen molar-refractivity contribution in [1.29, 1.82) is 0 Å². The minimum Gasteiger partial charge on any atom is -0.394 e. The van der Waals surface area contributed by atoms with Crippen LogP contribution in [0.4, 0.5) is 13.2 Å². The molecule has 3 N–H and O–H groups in total. The van der Waals surface area contributed by atoms with Gasteiger partial charge in [-0.25, -0.2) is 0 Å². The summed E-state index contributed by atoms with van der Waals surface area (Å²) < 4.78 is 45.2. The zero-order chi connectivity index (χ0) is 12.6. The normalized spacial score (nSPS) is 16.1. The third-order valence-electron chi connectivity index (χ3n) is 1.95. The second kappa shape index (κ2) is 7.83. The van der Waals surface area contributed by atoms with Crippen LogP contribution in [-0.2, 0) is 9.47 Å². The standard InChI is InChI=1S/C9H18F3NO3/c1-15-6-7(13)8(5-14)16-4-2-3-9(10,11)12/h7-8,14H,2-6,13H2,1H3. The van der Waals surface area contributed by atoms with E-state index in [-0.39, 0.29) is 26.2 Å². The first-order valence-corrected chi connectivity index (χ1v) is 4.94. The molecule has 0 rings (SSSR count). The van der Waals surface area contributed by atoms with Crippen LogP contribution in [0.2, 0.25) is 0 Å². The lowest BCUT2D eigenvalue weighted by atomic mass is 10.2. The Morgan fingerprint density at radius 1 is 1.38 bits per heavy atom. The molecule has 0 fully saturated rings. The smallest absolute Gasteiger partial charge is 0.389 e. The second-order valence-corrected chi connectivity index (χ2v) is 3.43. The van der Waals surface area contributed by atoms with Crippen LogP contribution >= 0.6 is 0 Å². The van der Waals surface area contributed by atoms with Gasteiger partial charge in [0.15, 0.2) is 0 Å². The van der Waals surface area contributed by atoms with Crippen LogP contribution in [0.15, 0.2) is 0 Å². The molecule has 0 saturated heterocycles. The topological polar surface area (TPSA) is 64.7 Å². The number of aliphatic hydroxyl groups is 1. The lowest BCUT2D eigenvalue weighted by Crippen LogP contribution is -2.42. The van der Waals surface area contributed by atoms with Gasteiger partial charge in [0.05, 0.1) is 25.4 Å². The number of ether oxygens (including phenoxy) is 2. The summed E-state index contributed by atoms with van der Waals surface area (Å²) in [6, 6.07) is -0.541. The van der Waals surface area contributed by atoms with Crippen LogP contribution in [-0.4, -0.2) is 50.4 Å². The molecule has 0 aromatic carbocycles. The Kier molecular flexibility index (Phi) is 7.65. The maximum Gasteiger partial charge on any atom is 0.389 e. The molecule has 0 heterocycles. The molecule has 0 aromatic heterocycles. The van der Waals surface area contributed by atoms with Gasteiger partial charge in [0.2, 0.25) is 0 Å². The molecule has 0 amide bonds. The molecule has 0 saturated carbocycles. The van der Waals surface area contributed by atoms with Gasteiger partial charge in [0, 0.05) is 20.1 Å². The molecule has 16 heavy (non-hydrogen) atoms. The Morgan fingerprint density at radius 3 is 2.44 bits per heavy atom. The highest BCUT2D eigenvalue weighted by Crippen LogP contribution is 2.21. The summed E-state index contributed by atoms with van der Waals surface area (Å²) in [7, 11) is 1.44. The number of nitrogens with two attached hydrogens (primary N) is 1. The van der Waals surface area contributed by atoms with Crippen molar-refractivity contribution in [2.75, 3.05) is 26.9 Å². The van der Waals surface area contributed by atoms with E-state index in [0.717, 1.165) is 0 Å². The number of hydrogen-bond donors (Lipinski definition) is 2.